The number of aliphatic hydroxyl groups is 2. The van der Waals surface area contributed by atoms with Gasteiger partial charge in [-0.25, -0.2) is 4.98 Å². The maximum absolute atomic E-state index is 14.1. The summed E-state index contributed by atoms with van der Waals surface area (Å²) in [5.41, 5.74) is 5.76. The van der Waals surface area contributed by atoms with Gasteiger partial charge in [-0.15, -0.1) is 0 Å². The van der Waals surface area contributed by atoms with Gasteiger partial charge in [0.15, 0.2) is 0 Å². The van der Waals surface area contributed by atoms with Gasteiger partial charge in [0.25, 0.3) is 0 Å². The van der Waals surface area contributed by atoms with Crippen LogP contribution < -0.4 is 37.6 Å². The number of amides is 8. The third-order valence-electron chi connectivity index (χ3n) is 8.78. The molecule has 3 rings (SSSR count). The molecule has 21 heteroatoms. The Morgan fingerprint density at radius 3 is 2.04 bits per heavy atom. The number of fused-ring (bicyclic) bond motifs is 1. The van der Waals surface area contributed by atoms with E-state index in [1.54, 1.807) is 0 Å². The molecule has 0 aliphatic carbocycles. The van der Waals surface area contributed by atoms with E-state index in [1.165, 1.54) is 24.3 Å². The molecule has 53 heavy (non-hydrogen) atoms. The van der Waals surface area contributed by atoms with Crippen molar-refractivity contribution in [1.82, 2.24) is 46.8 Å². The summed E-state index contributed by atoms with van der Waals surface area (Å²) in [6, 6.07) is -9.80. The van der Waals surface area contributed by atoms with Crippen molar-refractivity contribution < 1.29 is 48.6 Å². The van der Waals surface area contributed by atoms with Crippen molar-refractivity contribution in [1.29, 1.82) is 0 Å². The van der Waals surface area contributed by atoms with Crippen LogP contribution in [-0.2, 0) is 44.8 Å². The predicted molar refractivity (Wildman–Crippen MR) is 189 cm³/mol. The topological polar surface area (TPSA) is 307 Å². The Labute approximate surface area is 311 Å². The highest BCUT2D eigenvalue weighted by molar-refractivity contribution is 7.80. The minimum atomic E-state index is -1.72. The number of carbonyl (C=O) groups excluding carboxylic acids is 8. The van der Waals surface area contributed by atoms with Crippen molar-refractivity contribution in [3.63, 3.8) is 0 Å². The van der Waals surface area contributed by atoms with Crippen molar-refractivity contribution in [3.05, 3.63) is 18.2 Å². The highest BCUT2D eigenvalue weighted by Gasteiger charge is 2.41. The number of rotatable bonds is 10. The lowest BCUT2D eigenvalue weighted by atomic mass is 10.0. The van der Waals surface area contributed by atoms with Crippen LogP contribution >= 0.6 is 12.6 Å². The first-order valence-electron chi connectivity index (χ1n) is 17.3. The molecule has 8 atom stereocenters. The third kappa shape index (κ3) is 12.1. The van der Waals surface area contributed by atoms with Crippen LogP contribution in [0.5, 0.6) is 0 Å². The number of H-pyrrole nitrogens is 1. The largest absolute Gasteiger partial charge is 0.394 e. The molecule has 0 radical (unpaired) electrons. The lowest BCUT2D eigenvalue weighted by Crippen LogP contribution is -2.62. The molecule has 3 heterocycles. The number of primary amides is 1. The number of imidazole rings is 1. The quantitative estimate of drug-likeness (QED) is 0.101. The number of aromatic nitrogens is 2. The summed E-state index contributed by atoms with van der Waals surface area (Å²) >= 11 is 4.16. The van der Waals surface area contributed by atoms with Gasteiger partial charge in [-0.1, -0.05) is 13.8 Å². The number of nitrogens with zero attached hydrogens (tertiary/aromatic N) is 2. The van der Waals surface area contributed by atoms with Gasteiger partial charge in [0.05, 0.1) is 19.0 Å². The Balaban J connectivity index is 2.08. The Morgan fingerprint density at radius 1 is 0.868 bits per heavy atom. The van der Waals surface area contributed by atoms with Crippen LogP contribution in [0.1, 0.15) is 58.6 Å². The molecule has 2 saturated heterocycles. The molecule has 2 aliphatic heterocycles. The monoisotopic (exact) mass is 766 g/mol. The Hall–Kier alpha value is -4.76. The first-order valence-corrected chi connectivity index (χ1v) is 18.0. The van der Waals surface area contributed by atoms with Gasteiger partial charge in [0.2, 0.25) is 47.3 Å². The van der Waals surface area contributed by atoms with Crippen LogP contribution in [0.3, 0.4) is 0 Å². The van der Waals surface area contributed by atoms with E-state index >= 15 is 0 Å². The van der Waals surface area contributed by atoms with Crippen molar-refractivity contribution in [2.75, 3.05) is 18.9 Å². The minimum Gasteiger partial charge on any atom is -0.394 e. The Bertz CT molecular complexity index is 1490. The second kappa shape index (κ2) is 19.9. The first kappa shape index (κ1) is 42.7. The van der Waals surface area contributed by atoms with Gasteiger partial charge < -0.3 is 57.7 Å². The van der Waals surface area contributed by atoms with Crippen molar-refractivity contribution in [3.8, 4) is 0 Å². The molecule has 8 amide bonds. The number of aromatic amines is 1. The molecular formula is C32H50N10O10S. The first-order chi connectivity index (χ1) is 25.1. The van der Waals surface area contributed by atoms with Gasteiger partial charge in [-0.2, -0.15) is 12.6 Å². The number of hydrogen-bond acceptors (Lipinski definition) is 12. The number of nitrogens with two attached hydrogens (primary N) is 1. The summed E-state index contributed by atoms with van der Waals surface area (Å²) in [6.45, 7) is 4.01. The minimum absolute atomic E-state index is 0.105. The zero-order chi connectivity index (χ0) is 39.4. The molecule has 2 fully saturated rings. The fourth-order valence-corrected chi connectivity index (χ4v) is 6.23. The zero-order valence-electron chi connectivity index (χ0n) is 29.8. The molecule has 0 aromatic carbocycles. The van der Waals surface area contributed by atoms with Crippen LogP contribution in [-0.4, -0.2) is 140 Å². The molecule has 0 unspecified atom stereocenters. The van der Waals surface area contributed by atoms with Crippen LogP contribution in [0, 0.1) is 5.92 Å². The van der Waals surface area contributed by atoms with Crippen LogP contribution in [0.2, 0.25) is 0 Å². The summed E-state index contributed by atoms with van der Waals surface area (Å²) < 4.78 is 0. The molecule has 294 valence electrons. The average Bonchev–Trinajstić information content (AvgIpc) is 3.81. The van der Waals surface area contributed by atoms with Crippen molar-refractivity contribution >= 4 is 59.9 Å². The summed E-state index contributed by atoms with van der Waals surface area (Å²) in [7, 11) is 0. The standard InChI is InChI=1S/C32H50N10O10S/c1-15(2)9-20-32(52)42-8-4-5-23(42)30(50)36-18(6-7-24(33)45)26(46)41-25(16(3)44)31(51)39-21(12-43)28(48)40-22(13-53)29(49)37-19(27(47)38-20)10-17-11-34-14-35-17/h11,14-16,18-23,25,43-44,53H,4-10,12-13H2,1-3H3,(H2,33,45)(H,34,35)(H,36,50)(H,37,49)(H,38,47)(H,39,51)(H,40,48)(H,41,46)/t16-,18+,19+,20-,21+,22+,23+,25+/m1/s1. The van der Waals surface area contributed by atoms with Crippen LogP contribution in [0.25, 0.3) is 0 Å². The predicted octanol–water partition coefficient (Wildman–Crippen LogP) is -4.52. The molecule has 0 spiro atoms. The highest BCUT2D eigenvalue weighted by atomic mass is 32.1. The van der Waals surface area contributed by atoms with Gasteiger partial charge in [0, 0.05) is 37.0 Å². The smallest absolute Gasteiger partial charge is 0.245 e. The Morgan fingerprint density at radius 2 is 1.45 bits per heavy atom. The number of thiol groups is 1. The third-order valence-corrected chi connectivity index (χ3v) is 9.14. The molecule has 2 aliphatic rings. The normalized spacial score (nSPS) is 27.7. The second-order valence-electron chi connectivity index (χ2n) is 13.5. The van der Waals surface area contributed by atoms with Gasteiger partial charge in [-0.05, 0) is 38.5 Å². The van der Waals surface area contributed by atoms with Crippen LogP contribution in [0.15, 0.2) is 12.5 Å². The zero-order valence-corrected chi connectivity index (χ0v) is 30.7. The second-order valence-corrected chi connectivity index (χ2v) is 13.9. The molecule has 11 N–H and O–H groups in total. The van der Waals surface area contributed by atoms with Crippen molar-refractivity contribution in [2.45, 2.75) is 108 Å². The van der Waals surface area contributed by atoms with Crippen LogP contribution in [0.4, 0.5) is 0 Å². The van der Waals surface area contributed by atoms with E-state index < -0.39 is 102 Å². The lowest BCUT2D eigenvalue weighted by Gasteiger charge is -2.31. The lowest BCUT2D eigenvalue weighted by molar-refractivity contribution is -0.143. The number of carbonyl (C=O) groups is 8. The summed E-state index contributed by atoms with van der Waals surface area (Å²) in [5, 5.41) is 35.2. The summed E-state index contributed by atoms with van der Waals surface area (Å²) in [6.07, 6.45) is 1.25. The Kier molecular flexibility index (Phi) is 16.0. The maximum atomic E-state index is 14.1. The van der Waals surface area contributed by atoms with Gasteiger partial charge in [-0.3, -0.25) is 38.4 Å². The van der Waals surface area contributed by atoms with E-state index in [0.717, 1.165) is 0 Å². The molecule has 0 bridgehead atoms. The maximum Gasteiger partial charge on any atom is 0.245 e. The van der Waals surface area contributed by atoms with Gasteiger partial charge in [0.1, 0.15) is 42.3 Å². The number of nitrogens with one attached hydrogen (secondary N) is 7. The average molecular weight is 767 g/mol. The SMILES string of the molecule is CC(C)C[C@H]1NC(=O)[C@H](Cc2cnc[nH]2)NC(=O)[C@H](CS)NC(=O)[C@H](CO)NC(=O)[C@H]([C@@H](C)O)NC(=O)[C@H](CCC(N)=O)NC(=O)[C@@H]2CCCN2C1=O. The molecule has 1 aromatic rings. The fourth-order valence-electron chi connectivity index (χ4n) is 5.97. The van der Waals surface area contributed by atoms with E-state index in [2.05, 4.69) is 54.5 Å². The van der Waals surface area contributed by atoms with E-state index in [0.29, 0.717) is 12.1 Å². The number of aliphatic hydroxyl groups excluding tert-OH is 2. The summed E-state index contributed by atoms with van der Waals surface area (Å²) in [5.74, 6) is -7.28. The van der Waals surface area contributed by atoms with E-state index in [4.69, 9.17) is 5.73 Å². The van der Waals surface area contributed by atoms with E-state index in [1.807, 2.05) is 13.8 Å². The van der Waals surface area contributed by atoms with E-state index in [9.17, 15) is 48.6 Å². The van der Waals surface area contributed by atoms with E-state index in [-0.39, 0.29) is 50.3 Å². The van der Waals surface area contributed by atoms with Crippen molar-refractivity contribution in [2.24, 2.45) is 11.7 Å². The fraction of sp³-hybridized carbons (Fsp3) is 0.656. The van der Waals surface area contributed by atoms with Gasteiger partial charge >= 0.3 is 0 Å². The number of hydrogen-bond donors (Lipinski definition) is 11. The molecular weight excluding hydrogens is 716 g/mol. The molecule has 0 saturated carbocycles. The molecule has 1 aromatic heterocycles. The highest BCUT2D eigenvalue weighted by Crippen LogP contribution is 2.21. The molecule has 20 nitrogen and oxygen atoms in total. The summed E-state index contributed by atoms with van der Waals surface area (Å²) in [4.78, 5) is 115.